The highest BCUT2D eigenvalue weighted by atomic mass is 16.5. The lowest BCUT2D eigenvalue weighted by atomic mass is 10.4. The first kappa shape index (κ1) is 7.77. The van der Waals surface area contributed by atoms with Gasteiger partial charge in [-0.05, 0) is 6.92 Å². The van der Waals surface area contributed by atoms with Crippen molar-refractivity contribution in [3.8, 4) is 0 Å². The molecule has 0 aliphatic carbocycles. The zero-order valence-corrected chi connectivity index (χ0v) is 4.79. The molecule has 0 fully saturated rings. The van der Waals surface area contributed by atoms with Gasteiger partial charge in [0, 0.05) is 0 Å². The lowest BCUT2D eigenvalue weighted by Crippen LogP contribution is -2.25. The summed E-state index contributed by atoms with van der Waals surface area (Å²) in [6.45, 7) is 1.31. The molecule has 0 rings (SSSR count). The minimum absolute atomic E-state index is 0.0764. The van der Waals surface area contributed by atoms with Crippen LogP contribution in [0.5, 0.6) is 0 Å². The van der Waals surface area contributed by atoms with E-state index in [4.69, 9.17) is 5.21 Å². The first-order chi connectivity index (χ1) is 4.22. The molecule has 0 aliphatic heterocycles. The second kappa shape index (κ2) is 3.73. The number of hydroxylamine groups is 1. The molecule has 0 aromatic rings. The van der Waals surface area contributed by atoms with Gasteiger partial charge in [-0.2, -0.15) is 0 Å². The highest BCUT2D eigenvalue weighted by molar-refractivity contribution is 6.38. The maximum atomic E-state index is 10.3. The van der Waals surface area contributed by atoms with Crippen LogP contribution in [0.15, 0.2) is 4.99 Å². The number of hydrogen-bond acceptors (Lipinski definition) is 3. The molecule has 5 heteroatoms. The predicted octanol–water partition coefficient (Wildman–Crippen LogP) is -0.891. The minimum atomic E-state index is -0.776. The van der Waals surface area contributed by atoms with E-state index in [2.05, 4.69) is 4.99 Å². The summed E-state index contributed by atoms with van der Waals surface area (Å²) in [6, 6.07) is 0. The highest BCUT2D eigenvalue weighted by Gasteiger charge is 2.00. The van der Waals surface area contributed by atoms with E-state index >= 15 is 0 Å². The van der Waals surface area contributed by atoms with Crippen molar-refractivity contribution in [1.29, 1.82) is 0 Å². The summed E-state index contributed by atoms with van der Waals surface area (Å²) in [6.07, 6.45) is 0.227. The van der Waals surface area contributed by atoms with Crippen LogP contribution in [-0.2, 0) is 9.59 Å². The molecule has 0 saturated heterocycles. The number of nitrogens with one attached hydrogen (secondary N) is 1. The van der Waals surface area contributed by atoms with Gasteiger partial charge in [-0.1, -0.05) is 0 Å². The fraction of sp³-hybridized carbons (Fsp3) is 0.250. The fourth-order valence-corrected chi connectivity index (χ4v) is 0.219. The van der Waals surface area contributed by atoms with Gasteiger partial charge in [0.05, 0.1) is 0 Å². The van der Waals surface area contributed by atoms with Crippen molar-refractivity contribution >= 4 is 18.0 Å². The maximum Gasteiger partial charge on any atom is 0.288 e. The normalized spacial score (nSPS) is 10.7. The van der Waals surface area contributed by atoms with Gasteiger partial charge in [-0.3, -0.25) is 14.8 Å². The molecule has 0 bridgehead atoms. The van der Waals surface area contributed by atoms with Gasteiger partial charge < -0.3 is 0 Å². The second-order valence-electron chi connectivity index (χ2n) is 1.26. The van der Waals surface area contributed by atoms with Crippen LogP contribution in [0.1, 0.15) is 6.92 Å². The molecule has 0 atom stereocenters. The maximum absolute atomic E-state index is 10.3. The van der Waals surface area contributed by atoms with Crippen LogP contribution >= 0.6 is 0 Å². The minimum Gasteiger partial charge on any atom is -0.288 e. The van der Waals surface area contributed by atoms with Gasteiger partial charge in [0.15, 0.2) is 0 Å². The van der Waals surface area contributed by atoms with Crippen LogP contribution in [0.4, 0.5) is 0 Å². The van der Waals surface area contributed by atoms with Gasteiger partial charge in [-0.15, -0.1) is 0 Å². The van der Waals surface area contributed by atoms with Crippen LogP contribution in [0.3, 0.4) is 0 Å². The Morgan fingerprint density at radius 3 is 2.67 bits per heavy atom. The average molecular weight is 130 g/mol. The number of carbonyl (C=O) groups excluding carboxylic acids is 2. The Morgan fingerprint density at radius 1 is 1.78 bits per heavy atom. The van der Waals surface area contributed by atoms with Crippen molar-refractivity contribution in [2.45, 2.75) is 6.92 Å². The summed E-state index contributed by atoms with van der Waals surface area (Å²) in [5, 5.41) is 7.94. The third-order valence-corrected chi connectivity index (χ3v) is 0.677. The van der Waals surface area contributed by atoms with E-state index in [0.717, 1.165) is 0 Å². The van der Waals surface area contributed by atoms with E-state index in [9.17, 15) is 9.59 Å². The molecule has 0 radical (unpaired) electrons. The summed E-state index contributed by atoms with van der Waals surface area (Å²) in [5.74, 6) is -0.776. The standard InChI is InChI=1S/C4H6N2O3/c1-3(5-2-7)4(8)6-9/h2,9H,1H3,(H,6,8). The third-order valence-electron chi connectivity index (χ3n) is 0.677. The van der Waals surface area contributed by atoms with Gasteiger partial charge >= 0.3 is 0 Å². The van der Waals surface area contributed by atoms with E-state index < -0.39 is 5.91 Å². The van der Waals surface area contributed by atoms with E-state index in [1.807, 2.05) is 0 Å². The van der Waals surface area contributed by atoms with Gasteiger partial charge in [0.25, 0.3) is 5.91 Å². The second-order valence-corrected chi connectivity index (χ2v) is 1.26. The average Bonchev–Trinajstić information content (AvgIpc) is 1.87. The van der Waals surface area contributed by atoms with Crippen LogP contribution in [0.2, 0.25) is 0 Å². The molecule has 9 heavy (non-hydrogen) atoms. The number of nitrogens with zero attached hydrogens (tertiary/aromatic N) is 1. The number of aliphatic imine (C=N–C) groups is 1. The van der Waals surface area contributed by atoms with Crippen LogP contribution in [0, 0.1) is 0 Å². The first-order valence-corrected chi connectivity index (χ1v) is 2.15. The van der Waals surface area contributed by atoms with E-state index in [0.29, 0.717) is 0 Å². The number of hydrogen-bond donors (Lipinski definition) is 2. The molecule has 0 spiro atoms. The van der Waals surface area contributed by atoms with Crippen molar-refractivity contribution in [2.75, 3.05) is 0 Å². The lowest BCUT2D eigenvalue weighted by molar-refractivity contribution is -0.122. The van der Waals surface area contributed by atoms with Crippen molar-refractivity contribution in [2.24, 2.45) is 4.99 Å². The summed E-state index contributed by atoms with van der Waals surface area (Å²) in [5.41, 5.74) is 1.24. The summed E-state index contributed by atoms with van der Waals surface area (Å²) < 4.78 is 0. The van der Waals surface area contributed by atoms with Gasteiger partial charge in [-0.25, -0.2) is 10.5 Å². The smallest absolute Gasteiger partial charge is 0.288 e. The van der Waals surface area contributed by atoms with Crippen LogP contribution in [0.25, 0.3) is 0 Å². The Balaban J connectivity index is 4.01. The topological polar surface area (TPSA) is 78.8 Å². The Hall–Kier alpha value is -1.23. The lowest BCUT2D eigenvalue weighted by Gasteiger charge is -1.91. The summed E-state index contributed by atoms with van der Waals surface area (Å²) >= 11 is 0. The zero-order valence-electron chi connectivity index (χ0n) is 4.79. The number of rotatable bonds is 2. The largest absolute Gasteiger partial charge is 0.288 e. The molecule has 2 amide bonds. The van der Waals surface area contributed by atoms with Gasteiger partial charge in [0.2, 0.25) is 6.41 Å². The van der Waals surface area contributed by atoms with Crippen molar-refractivity contribution in [1.82, 2.24) is 5.48 Å². The van der Waals surface area contributed by atoms with E-state index in [1.54, 1.807) is 0 Å². The van der Waals surface area contributed by atoms with Crippen molar-refractivity contribution in [3.63, 3.8) is 0 Å². The van der Waals surface area contributed by atoms with Crippen LogP contribution in [-0.4, -0.2) is 23.2 Å². The molecule has 0 aromatic heterocycles. The zero-order chi connectivity index (χ0) is 7.28. The van der Waals surface area contributed by atoms with Crippen molar-refractivity contribution < 1.29 is 14.8 Å². The van der Waals surface area contributed by atoms with Gasteiger partial charge in [0.1, 0.15) is 5.71 Å². The molecule has 0 heterocycles. The Morgan fingerprint density at radius 2 is 2.33 bits per heavy atom. The Labute approximate surface area is 51.4 Å². The third kappa shape index (κ3) is 2.55. The molecule has 0 aromatic carbocycles. The molecular formula is C4H6N2O3. The monoisotopic (exact) mass is 130 g/mol. The van der Waals surface area contributed by atoms with E-state index in [-0.39, 0.29) is 12.1 Å². The van der Waals surface area contributed by atoms with Crippen LogP contribution < -0.4 is 5.48 Å². The number of amides is 2. The molecule has 2 N–H and O–H groups in total. The fourth-order valence-electron chi connectivity index (χ4n) is 0.219. The molecule has 0 saturated carbocycles. The summed E-state index contributed by atoms with van der Waals surface area (Å²) in [4.78, 5) is 22.9. The number of carbonyl (C=O) groups is 2. The predicted molar refractivity (Wildman–Crippen MR) is 29.1 cm³/mol. The molecule has 0 unspecified atom stereocenters. The molecule has 50 valence electrons. The summed E-state index contributed by atoms with van der Waals surface area (Å²) in [7, 11) is 0. The molecular weight excluding hydrogens is 124 g/mol. The molecule has 0 aliphatic rings. The Kier molecular flexibility index (Phi) is 3.22. The molecule has 5 nitrogen and oxygen atoms in total. The van der Waals surface area contributed by atoms with Crippen molar-refractivity contribution in [3.05, 3.63) is 0 Å². The quantitative estimate of drug-likeness (QED) is 0.220. The SMILES string of the molecule is CC(=NC=O)C(=O)NO. The van der Waals surface area contributed by atoms with E-state index in [1.165, 1.54) is 12.4 Å². The Bertz CT molecular complexity index is 152. The highest BCUT2D eigenvalue weighted by Crippen LogP contribution is 1.72. The first-order valence-electron chi connectivity index (χ1n) is 2.15.